The zero-order chi connectivity index (χ0) is 18.2. The van der Waals surface area contributed by atoms with Crippen LogP contribution in [-0.2, 0) is 4.79 Å². The molecule has 2 aromatic rings. The molecule has 0 saturated heterocycles. The van der Waals surface area contributed by atoms with E-state index in [2.05, 4.69) is 48.4 Å². The molecule has 0 atom stereocenters. The Morgan fingerprint density at radius 1 is 1.36 bits per heavy atom. The van der Waals surface area contributed by atoms with Crippen molar-refractivity contribution >= 4 is 34.1 Å². The van der Waals surface area contributed by atoms with Gasteiger partial charge in [0, 0.05) is 5.75 Å². The third-order valence-electron chi connectivity index (χ3n) is 3.53. The summed E-state index contributed by atoms with van der Waals surface area (Å²) in [6, 6.07) is 6.08. The second kappa shape index (κ2) is 9.77. The van der Waals surface area contributed by atoms with Crippen LogP contribution in [0.4, 0.5) is 5.13 Å². The van der Waals surface area contributed by atoms with Crippen LogP contribution in [0.25, 0.3) is 0 Å². The Morgan fingerprint density at radius 2 is 2.16 bits per heavy atom. The molecule has 25 heavy (non-hydrogen) atoms. The molecule has 0 radical (unpaired) electrons. The first-order valence-electron chi connectivity index (χ1n) is 8.49. The predicted molar refractivity (Wildman–Crippen MR) is 105 cm³/mol. The standard InChI is InChI=1S/C18H25N3O2S2/c1-5-6-9-24-18-21-20-17(25-18)19-16(22)11-23-15-10-13(4)7-8-14(15)12(2)3/h7-8,10,12H,5-6,9,11H2,1-4H3,(H,19,20,22). The molecule has 0 fully saturated rings. The van der Waals surface area contributed by atoms with Crippen LogP contribution in [0.5, 0.6) is 5.75 Å². The van der Waals surface area contributed by atoms with Crippen molar-refractivity contribution in [3.05, 3.63) is 29.3 Å². The van der Waals surface area contributed by atoms with E-state index in [-0.39, 0.29) is 12.5 Å². The number of amides is 1. The average Bonchev–Trinajstić information content (AvgIpc) is 3.00. The average molecular weight is 380 g/mol. The van der Waals surface area contributed by atoms with Crippen LogP contribution in [0, 0.1) is 6.92 Å². The summed E-state index contributed by atoms with van der Waals surface area (Å²) in [5.41, 5.74) is 2.21. The van der Waals surface area contributed by atoms with Crippen molar-refractivity contribution in [2.24, 2.45) is 0 Å². The molecular formula is C18H25N3O2S2. The molecule has 136 valence electrons. The fourth-order valence-electron chi connectivity index (χ4n) is 2.16. The number of nitrogens with zero attached hydrogens (tertiary/aromatic N) is 2. The lowest BCUT2D eigenvalue weighted by Gasteiger charge is -2.14. The molecule has 0 saturated carbocycles. The molecule has 0 aliphatic rings. The number of carbonyl (C=O) groups is 1. The van der Waals surface area contributed by atoms with Crippen molar-refractivity contribution in [2.75, 3.05) is 17.7 Å². The second-order valence-electron chi connectivity index (χ2n) is 6.11. The molecule has 0 unspecified atom stereocenters. The highest BCUT2D eigenvalue weighted by molar-refractivity contribution is 8.01. The minimum absolute atomic E-state index is 0.0406. The highest BCUT2D eigenvalue weighted by Crippen LogP contribution is 2.28. The lowest BCUT2D eigenvalue weighted by Crippen LogP contribution is -2.20. The minimum Gasteiger partial charge on any atom is -0.483 e. The number of hydrogen-bond acceptors (Lipinski definition) is 6. The van der Waals surface area contributed by atoms with E-state index in [9.17, 15) is 4.79 Å². The van der Waals surface area contributed by atoms with Crippen molar-refractivity contribution in [1.82, 2.24) is 10.2 Å². The first kappa shape index (κ1) is 19.7. The van der Waals surface area contributed by atoms with E-state index in [1.54, 1.807) is 11.8 Å². The van der Waals surface area contributed by atoms with Gasteiger partial charge in [-0.2, -0.15) is 0 Å². The fraction of sp³-hybridized carbons (Fsp3) is 0.500. The lowest BCUT2D eigenvalue weighted by molar-refractivity contribution is -0.118. The highest BCUT2D eigenvalue weighted by atomic mass is 32.2. The summed E-state index contributed by atoms with van der Waals surface area (Å²) >= 11 is 3.07. The van der Waals surface area contributed by atoms with E-state index in [1.807, 2.05) is 13.0 Å². The van der Waals surface area contributed by atoms with Crippen LogP contribution in [0.1, 0.15) is 50.7 Å². The third-order valence-corrected chi connectivity index (χ3v) is 5.58. The first-order chi connectivity index (χ1) is 12.0. The Hall–Kier alpha value is -1.60. The summed E-state index contributed by atoms with van der Waals surface area (Å²) in [6.45, 7) is 8.34. The monoisotopic (exact) mass is 379 g/mol. The topological polar surface area (TPSA) is 64.1 Å². The Kier molecular flexibility index (Phi) is 7.71. The van der Waals surface area contributed by atoms with E-state index in [1.165, 1.54) is 11.3 Å². The molecule has 1 aromatic carbocycles. The summed E-state index contributed by atoms with van der Waals surface area (Å²) < 4.78 is 6.62. The predicted octanol–water partition coefficient (Wildman–Crippen LogP) is 4.88. The van der Waals surface area contributed by atoms with E-state index in [4.69, 9.17) is 4.74 Å². The van der Waals surface area contributed by atoms with Gasteiger partial charge in [-0.15, -0.1) is 10.2 Å². The van der Waals surface area contributed by atoms with Gasteiger partial charge < -0.3 is 4.74 Å². The molecule has 2 rings (SSSR count). The van der Waals surface area contributed by atoms with Crippen molar-refractivity contribution in [3.63, 3.8) is 0 Å². The number of thioether (sulfide) groups is 1. The van der Waals surface area contributed by atoms with Gasteiger partial charge >= 0.3 is 0 Å². The van der Waals surface area contributed by atoms with Gasteiger partial charge in [0.2, 0.25) is 5.13 Å². The number of aryl methyl sites for hydroxylation is 1. The number of unbranched alkanes of at least 4 members (excludes halogenated alkanes) is 1. The number of benzene rings is 1. The second-order valence-corrected chi connectivity index (χ2v) is 8.43. The zero-order valence-corrected chi connectivity index (χ0v) is 16.8. The number of nitrogens with one attached hydrogen (secondary N) is 1. The maximum absolute atomic E-state index is 12.1. The van der Waals surface area contributed by atoms with Crippen LogP contribution in [0.15, 0.2) is 22.5 Å². The minimum atomic E-state index is -0.225. The SMILES string of the molecule is CCCCSc1nnc(NC(=O)COc2cc(C)ccc2C(C)C)s1. The molecule has 0 bridgehead atoms. The van der Waals surface area contributed by atoms with Crippen molar-refractivity contribution in [2.45, 2.75) is 50.8 Å². The van der Waals surface area contributed by atoms with Gasteiger partial charge in [0.1, 0.15) is 5.75 Å². The number of ether oxygens (including phenoxy) is 1. The summed E-state index contributed by atoms with van der Waals surface area (Å²) in [5.74, 6) is 1.90. The Bertz CT molecular complexity index is 701. The molecule has 7 heteroatoms. The van der Waals surface area contributed by atoms with Gasteiger partial charge in [-0.3, -0.25) is 10.1 Å². The van der Waals surface area contributed by atoms with Gasteiger partial charge in [0.25, 0.3) is 5.91 Å². The quantitative estimate of drug-likeness (QED) is 0.382. The Morgan fingerprint density at radius 3 is 2.88 bits per heavy atom. The number of carbonyl (C=O) groups excluding carboxylic acids is 1. The molecule has 1 heterocycles. The molecule has 1 aromatic heterocycles. The van der Waals surface area contributed by atoms with Gasteiger partial charge in [-0.25, -0.2) is 0 Å². The van der Waals surface area contributed by atoms with E-state index in [0.29, 0.717) is 11.0 Å². The third kappa shape index (κ3) is 6.32. The largest absolute Gasteiger partial charge is 0.483 e. The molecule has 1 N–H and O–H groups in total. The van der Waals surface area contributed by atoms with Crippen molar-refractivity contribution < 1.29 is 9.53 Å². The van der Waals surface area contributed by atoms with Crippen LogP contribution < -0.4 is 10.1 Å². The summed E-state index contributed by atoms with van der Waals surface area (Å²) in [6.07, 6.45) is 2.30. The summed E-state index contributed by atoms with van der Waals surface area (Å²) in [5, 5.41) is 11.4. The summed E-state index contributed by atoms with van der Waals surface area (Å²) in [4.78, 5) is 12.1. The van der Waals surface area contributed by atoms with E-state index < -0.39 is 0 Å². The van der Waals surface area contributed by atoms with Crippen LogP contribution in [0.3, 0.4) is 0 Å². The van der Waals surface area contributed by atoms with Crippen molar-refractivity contribution in [1.29, 1.82) is 0 Å². The zero-order valence-electron chi connectivity index (χ0n) is 15.2. The molecular weight excluding hydrogens is 354 g/mol. The van der Waals surface area contributed by atoms with Gasteiger partial charge in [-0.1, -0.05) is 62.4 Å². The number of aromatic nitrogens is 2. The van der Waals surface area contributed by atoms with Crippen LogP contribution in [-0.4, -0.2) is 28.5 Å². The van der Waals surface area contributed by atoms with E-state index in [0.717, 1.165) is 39.8 Å². The van der Waals surface area contributed by atoms with E-state index >= 15 is 0 Å². The molecule has 0 aliphatic carbocycles. The van der Waals surface area contributed by atoms with Gasteiger partial charge in [0.15, 0.2) is 10.9 Å². The number of rotatable bonds is 9. The molecule has 0 spiro atoms. The number of hydrogen-bond donors (Lipinski definition) is 1. The summed E-state index contributed by atoms with van der Waals surface area (Å²) in [7, 11) is 0. The fourth-order valence-corrected chi connectivity index (χ4v) is 4.09. The van der Waals surface area contributed by atoms with Crippen LogP contribution >= 0.6 is 23.1 Å². The normalized spacial score (nSPS) is 10.9. The number of anilines is 1. The lowest BCUT2D eigenvalue weighted by atomic mass is 10.0. The highest BCUT2D eigenvalue weighted by Gasteiger charge is 2.12. The van der Waals surface area contributed by atoms with Crippen molar-refractivity contribution in [3.8, 4) is 5.75 Å². The Labute approximate surface area is 157 Å². The molecule has 0 aliphatic heterocycles. The molecule has 5 nitrogen and oxygen atoms in total. The maximum Gasteiger partial charge on any atom is 0.264 e. The maximum atomic E-state index is 12.1. The van der Waals surface area contributed by atoms with Gasteiger partial charge in [-0.05, 0) is 36.5 Å². The molecule has 1 amide bonds. The van der Waals surface area contributed by atoms with Crippen LogP contribution in [0.2, 0.25) is 0 Å². The first-order valence-corrected chi connectivity index (χ1v) is 10.3. The Balaban J connectivity index is 1.88. The van der Waals surface area contributed by atoms with Gasteiger partial charge in [0.05, 0.1) is 0 Å². The smallest absolute Gasteiger partial charge is 0.264 e.